The Balaban J connectivity index is 1.51. The molecule has 0 aromatic heterocycles. The van der Waals surface area contributed by atoms with Crippen molar-refractivity contribution in [2.45, 2.75) is 16.7 Å². The van der Waals surface area contributed by atoms with E-state index in [2.05, 4.69) is 22.3 Å². The molecule has 0 fully saturated rings. The number of carbonyl (C=O) groups excluding carboxylic acids is 2. The summed E-state index contributed by atoms with van der Waals surface area (Å²) in [5.41, 5.74) is 0.977. The van der Waals surface area contributed by atoms with E-state index in [-0.39, 0.29) is 5.56 Å². The van der Waals surface area contributed by atoms with E-state index in [1.54, 1.807) is 48.2 Å². The maximum absolute atomic E-state index is 13.7. The summed E-state index contributed by atoms with van der Waals surface area (Å²) < 4.78 is 16.4. The SMILES string of the molecule is CCSc1ccc(SNC(=O)Nc2ccc(NC(=O)c3ccccc3F)cc2)cc1Cl. The minimum absolute atomic E-state index is 0.0393. The van der Waals surface area contributed by atoms with E-state index in [0.29, 0.717) is 16.4 Å². The first-order valence-electron chi connectivity index (χ1n) is 9.28. The smallest absolute Gasteiger partial charge is 0.322 e. The van der Waals surface area contributed by atoms with Crippen LogP contribution in [0.4, 0.5) is 20.6 Å². The Morgan fingerprint density at radius 1 is 0.968 bits per heavy atom. The number of rotatable bonds is 7. The number of hydrogen-bond donors (Lipinski definition) is 3. The van der Waals surface area contributed by atoms with Crippen molar-refractivity contribution in [2.24, 2.45) is 0 Å². The fourth-order valence-electron chi connectivity index (χ4n) is 2.56. The van der Waals surface area contributed by atoms with Crippen LogP contribution < -0.4 is 15.4 Å². The quantitative estimate of drug-likeness (QED) is 0.263. The molecule has 9 heteroatoms. The molecule has 3 amide bonds. The highest BCUT2D eigenvalue weighted by Crippen LogP contribution is 2.30. The van der Waals surface area contributed by atoms with Gasteiger partial charge in [0.15, 0.2) is 0 Å². The first-order chi connectivity index (χ1) is 15.0. The van der Waals surface area contributed by atoms with E-state index in [1.807, 2.05) is 12.1 Å². The minimum Gasteiger partial charge on any atom is -0.322 e. The van der Waals surface area contributed by atoms with Gasteiger partial charge < -0.3 is 10.6 Å². The summed E-state index contributed by atoms with van der Waals surface area (Å²) >= 11 is 9.04. The van der Waals surface area contributed by atoms with Gasteiger partial charge in [-0.05, 0) is 72.3 Å². The van der Waals surface area contributed by atoms with Crippen LogP contribution >= 0.6 is 35.3 Å². The van der Waals surface area contributed by atoms with Crippen LogP contribution in [0.15, 0.2) is 76.5 Å². The molecule has 31 heavy (non-hydrogen) atoms. The van der Waals surface area contributed by atoms with Crippen molar-refractivity contribution >= 4 is 58.6 Å². The second-order valence-electron chi connectivity index (χ2n) is 6.19. The molecule has 0 spiro atoms. The monoisotopic (exact) mass is 475 g/mol. The van der Waals surface area contributed by atoms with Crippen molar-refractivity contribution in [1.82, 2.24) is 4.72 Å². The molecule has 160 valence electrons. The molecule has 3 aromatic carbocycles. The highest BCUT2D eigenvalue weighted by molar-refractivity contribution is 7.99. The molecule has 3 aromatic rings. The summed E-state index contributed by atoms with van der Waals surface area (Å²) in [5.74, 6) is -0.208. The largest absolute Gasteiger partial charge is 0.329 e. The van der Waals surface area contributed by atoms with Gasteiger partial charge in [-0.3, -0.25) is 9.52 Å². The van der Waals surface area contributed by atoms with Crippen LogP contribution in [0.5, 0.6) is 0 Å². The molecule has 0 aliphatic carbocycles. The first kappa shape index (κ1) is 23.0. The van der Waals surface area contributed by atoms with Gasteiger partial charge >= 0.3 is 6.03 Å². The molecule has 0 saturated carbocycles. The number of carbonyl (C=O) groups is 2. The van der Waals surface area contributed by atoms with Gasteiger partial charge in [-0.2, -0.15) is 0 Å². The number of halogens is 2. The van der Waals surface area contributed by atoms with Crippen molar-refractivity contribution in [3.63, 3.8) is 0 Å². The molecule has 0 bridgehead atoms. The van der Waals surface area contributed by atoms with Crippen LogP contribution in [-0.4, -0.2) is 17.7 Å². The Morgan fingerprint density at radius 3 is 2.29 bits per heavy atom. The number of thioether (sulfide) groups is 1. The summed E-state index contributed by atoms with van der Waals surface area (Å²) in [6.45, 7) is 2.05. The van der Waals surface area contributed by atoms with Gasteiger partial charge in [0.2, 0.25) is 0 Å². The van der Waals surface area contributed by atoms with Crippen molar-refractivity contribution in [1.29, 1.82) is 0 Å². The average Bonchev–Trinajstić information content (AvgIpc) is 2.76. The molecule has 0 aliphatic rings. The molecule has 0 atom stereocenters. The average molecular weight is 476 g/mol. The summed E-state index contributed by atoms with van der Waals surface area (Å²) in [5, 5.41) is 5.96. The van der Waals surface area contributed by atoms with Crippen molar-refractivity contribution in [3.05, 3.63) is 83.1 Å². The fourth-order valence-corrected chi connectivity index (χ4v) is 4.22. The first-order valence-corrected chi connectivity index (χ1v) is 11.5. The molecule has 0 unspecified atom stereocenters. The molecular formula is C22H19ClFN3O2S2. The molecule has 0 aliphatic heterocycles. The Morgan fingerprint density at radius 2 is 1.65 bits per heavy atom. The third-order valence-corrected chi connectivity index (χ3v) is 6.14. The molecule has 5 nitrogen and oxygen atoms in total. The molecule has 3 rings (SSSR count). The number of nitrogens with one attached hydrogen (secondary N) is 3. The lowest BCUT2D eigenvalue weighted by atomic mass is 10.2. The van der Waals surface area contributed by atoms with Crippen LogP contribution in [0, 0.1) is 5.82 Å². The topological polar surface area (TPSA) is 70.2 Å². The van der Waals surface area contributed by atoms with E-state index in [4.69, 9.17) is 11.6 Å². The zero-order valence-electron chi connectivity index (χ0n) is 16.4. The van der Waals surface area contributed by atoms with Crippen molar-refractivity contribution in [3.8, 4) is 0 Å². The summed E-state index contributed by atoms with van der Waals surface area (Å²) in [6, 6.07) is 17.5. The van der Waals surface area contributed by atoms with Crippen LogP contribution in [0.2, 0.25) is 5.02 Å². The number of amides is 3. The zero-order valence-corrected chi connectivity index (χ0v) is 18.8. The minimum atomic E-state index is -0.590. The summed E-state index contributed by atoms with van der Waals surface area (Å²) in [4.78, 5) is 26.1. The normalized spacial score (nSPS) is 10.4. The zero-order chi connectivity index (χ0) is 22.2. The number of urea groups is 1. The predicted molar refractivity (Wildman–Crippen MR) is 127 cm³/mol. The van der Waals surface area contributed by atoms with Gasteiger partial charge in [-0.1, -0.05) is 30.7 Å². The van der Waals surface area contributed by atoms with Crippen LogP contribution in [0.3, 0.4) is 0 Å². The lowest BCUT2D eigenvalue weighted by Crippen LogP contribution is -2.22. The highest BCUT2D eigenvalue weighted by atomic mass is 35.5. The number of benzene rings is 3. The molecule has 0 heterocycles. The Bertz CT molecular complexity index is 1080. The van der Waals surface area contributed by atoms with E-state index >= 15 is 0 Å². The third kappa shape index (κ3) is 6.65. The van der Waals surface area contributed by atoms with Crippen LogP contribution in [0.25, 0.3) is 0 Å². The van der Waals surface area contributed by atoms with Gasteiger partial charge in [-0.15, -0.1) is 11.8 Å². The summed E-state index contributed by atoms with van der Waals surface area (Å²) in [6.07, 6.45) is 0. The maximum atomic E-state index is 13.7. The lowest BCUT2D eigenvalue weighted by Gasteiger charge is -2.10. The van der Waals surface area contributed by atoms with E-state index in [0.717, 1.165) is 27.5 Å². The number of anilines is 2. The Hall–Kier alpha value is -2.68. The van der Waals surface area contributed by atoms with E-state index in [1.165, 1.54) is 18.2 Å². The van der Waals surface area contributed by atoms with Gasteiger partial charge in [-0.25, -0.2) is 9.18 Å². The van der Waals surface area contributed by atoms with Gasteiger partial charge in [0.05, 0.1) is 10.6 Å². The highest BCUT2D eigenvalue weighted by Gasteiger charge is 2.11. The fraction of sp³-hybridized carbons (Fsp3) is 0.0909. The Labute approximate surface area is 193 Å². The van der Waals surface area contributed by atoms with Gasteiger partial charge in [0, 0.05) is 21.2 Å². The van der Waals surface area contributed by atoms with Crippen LogP contribution in [-0.2, 0) is 0 Å². The standard InChI is InChI=1S/C22H19ClFN3O2S2/c1-2-30-20-12-11-16(13-18(20)23)31-27-22(29)26-15-9-7-14(8-10-15)25-21(28)17-5-3-4-6-19(17)24/h3-13H,2H2,1H3,(H,25,28)(H2,26,27,29). The lowest BCUT2D eigenvalue weighted by molar-refractivity contribution is 0.102. The molecular weight excluding hydrogens is 457 g/mol. The maximum Gasteiger partial charge on any atom is 0.329 e. The molecule has 0 saturated heterocycles. The van der Waals surface area contributed by atoms with Gasteiger partial charge in [0.25, 0.3) is 5.91 Å². The summed E-state index contributed by atoms with van der Waals surface area (Å²) in [7, 11) is 0. The van der Waals surface area contributed by atoms with Crippen molar-refractivity contribution in [2.75, 3.05) is 16.4 Å². The predicted octanol–water partition coefficient (Wildman–Crippen LogP) is 6.67. The third-order valence-electron chi connectivity index (χ3n) is 3.98. The van der Waals surface area contributed by atoms with Gasteiger partial charge in [0.1, 0.15) is 5.82 Å². The van der Waals surface area contributed by atoms with Crippen molar-refractivity contribution < 1.29 is 14.0 Å². The number of hydrogen-bond acceptors (Lipinski definition) is 4. The molecule has 0 radical (unpaired) electrons. The molecule has 3 N–H and O–H groups in total. The van der Waals surface area contributed by atoms with Crippen LogP contribution in [0.1, 0.15) is 17.3 Å². The second kappa shape index (κ2) is 11.1. The Kier molecular flexibility index (Phi) is 8.22. The second-order valence-corrected chi connectivity index (χ2v) is 8.79. The van der Waals surface area contributed by atoms with E-state index < -0.39 is 17.8 Å². The van der Waals surface area contributed by atoms with E-state index in [9.17, 15) is 14.0 Å².